The number of aromatic nitrogens is 3. The van der Waals surface area contributed by atoms with Crippen LogP contribution in [0.2, 0.25) is 0 Å². The smallest absolute Gasteiger partial charge is 0.358 e. The van der Waals surface area contributed by atoms with Crippen molar-refractivity contribution in [1.29, 1.82) is 0 Å². The molecule has 2 aliphatic heterocycles. The van der Waals surface area contributed by atoms with Gasteiger partial charge in [0.05, 0.1) is 19.2 Å². The molecule has 0 saturated carbocycles. The molecule has 3 heterocycles. The van der Waals surface area contributed by atoms with Crippen molar-refractivity contribution >= 4 is 27.7 Å². The van der Waals surface area contributed by atoms with Gasteiger partial charge in [-0.05, 0) is 18.1 Å². The number of carboxylic acids is 1. The zero-order valence-corrected chi connectivity index (χ0v) is 19.9. The van der Waals surface area contributed by atoms with Crippen molar-refractivity contribution in [2.24, 2.45) is 0 Å². The molecule has 2 aliphatic rings. The van der Waals surface area contributed by atoms with E-state index in [-0.39, 0.29) is 12.1 Å². The molecule has 3 aromatic rings. The van der Waals surface area contributed by atoms with Crippen LogP contribution in [0.3, 0.4) is 0 Å². The van der Waals surface area contributed by atoms with Gasteiger partial charge in [-0.2, -0.15) is 0 Å². The van der Waals surface area contributed by atoms with E-state index in [9.17, 15) is 22.8 Å². The van der Waals surface area contributed by atoms with Crippen molar-refractivity contribution in [2.75, 3.05) is 0 Å². The van der Waals surface area contributed by atoms with E-state index in [4.69, 9.17) is 9.84 Å². The number of rotatable bonds is 7. The monoisotopic (exact) mass is 510 g/mol. The van der Waals surface area contributed by atoms with Crippen LogP contribution < -0.4 is 0 Å². The number of fused-ring (bicyclic) bond motifs is 1. The molecule has 186 valence electrons. The first-order valence-electron chi connectivity index (χ1n) is 11.1. The predicted molar refractivity (Wildman–Crippen MR) is 124 cm³/mol. The van der Waals surface area contributed by atoms with Gasteiger partial charge in [0.15, 0.2) is 27.7 Å². The molecule has 0 radical (unpaired) electrons. The number of carboxylic acid groups (broad SMARTS) is 1. The summed E-state index contributed by atoms with van der Waals surface area (Å²) in [5.41, 5.74) is 0.975. The second-order valence-corrected chi connectivity index (χ2v) is 11.5. The second-order valence-electron chi connectivity index (χ2n) is 8.96. The largest absolute Gasteiger partial charge is 0.476 e. The molecule has 1 N–H and O–H groups in total. The van der Waals surface area contributed by atoms with Crippen molar-refractivity contribution in [3.8, 4) is 0 Å². The van der Waals surface area contributed by atoms with Gasteiger partial charge in [-0.25, -0.2) is 22.7 Å². The molecule has 0 spiro atoms. The van der Waals surface area contributed by atoms with Crippen molar-refractivity contribution in [1.82, 2.24) is 19.9 Å². The lowest BCUT2D eigenvalue weighted by molar-refractivity contribution is -0.164. The van der Waals surface area contributed by atoms with E-state index in [2.05, 4.69) is 10.3 Å². The third kappa shape index (κ3) is 3.65. The molecule has 3 atom stereocenters. The molecule has 5 rings (SSSR count). The Morgan fingerprint density at radius 3 is 2.19 bits per heavy atom. The number of nitrogens with zero attached hydrogens (tertiary/aromatic N) is 4. The molecule has 0 aliphatic carbocycles. The summed E-state index contributed by atoms with van der Waals surface area (Å²) in [7, 11) is -4.06. The number of carbonyl (C=O) groups excluding carboxylic acids is 2. The number of carbonyl (C=O) groups is 3. The van der Waals surface area contributed by atoms with E-state index in [0.29, 0.717) is 11.1 Å². The normalized spacial score (nSPS) is 24.3. The lowest BCUT2D eigenvalue weighted by Gasteiger charge is -2.37. The number of hydrogen-bond acceptors (Lipinski definition) is 8. The van der Waals surface area contributed by atoms with Gasteiger partial charge in [-0.3, -0.25) is 4.79 Å². The number of esters is 1. The fourth-order valence-electron chi connectivity index (χ4n) is 4.83. The van der Waals surface area contributed by atoms with Crippen LogP contribution in [0.15, 0.2) is 66.9 Å². The fourth-order valence-corrected chi connectivity index (χ4v) is 7.19. The topological polar surface area (TPSA) is 149 Å². The summed E-state index contributed by atoms with van der Waals surface area (Å²) in [5, 5.41) is 15.2. The van der Waals surface area contributed by atoms with Gasteiger partial charge in [-0.15, -0.1) is 5.10 Å². The van der Waals surface area contributed by atoms with Gasteiger partial charge in [-0.1, -0.05) is 65.9 Å². The zero-order chi connectivity index (χ0) is 25.7. The van der Waals surface area contributed by atoms with Crippen LogP contribution in [0.25, 0.3) is 0 Å². The van der Waals surface area contributed by atoms with Crippen LogP contribution in [0, 0.1) is 0 Å². The Bertz CT molecular complexity index is 1400. The molecule has 12 heteroatoms. The van der Waals surface area contributed by atoms with Crippen molar-refractivity contribution in [3.63, 3.8) is 0 Å². The number of amides is 1. The quantitative estimate of drug-likeness (QED) is 0.368. The molecular formula is C24H22N4O7S. The highest BCUT2D eigenvalue weighted by Gasteiger charge is 2.70. The maximum atomic E-state index is 13.7. The molecule has 11 nitrogen and oxygen atoms in total. The highest BCUT2D eigenvalue weighted by Crippen LogP contribution is 2.47. The highest BCUT2D eigenvalue weighted by molar-refractivity contribution is 7.93. The van der Waals surface area contributed by atoms with E-state index in [1.54, 1.807) is 48.5 Å². The highest BCUT2D eigenvalue weighted by atomic mass is 32.2. The van der Waals surface area contributed by atoms with Crippen LogP contribution in [0.4, 0.5) is 0 Å². The van der Waals surface area contributed by atoms with Gasteiger partial charge in [0.1, 0.15) is 10.1 Å². The minimum atomic E-state index is -4.06. The summed E-state index contributed by atoms with van der Waals surface area (Å²) in [6.07, 6.45) is 0.00658. The second kappa shape index (κ2) is 8.55. The van der Waals surface area contributed by atoms with Gasteiger partial charge in [0.2, 0.25) is 5.91 Å². The molecule has 36 heavy (non-hydrogen) atoms. The summed E-state index contributed by atoms with van der Waals surface area (Å²) < 4.78 is 32.2. The van der Waals surface area contributed by atoms with Gasteiger partial charge < -0.3 is 14.7 Å². The summed E-state index contributed by atoms with van der Waals surface area (Å²) in [6.45, 7) is 0.957. The third-order valence-corrected chi connectivity index (χ3v) is 9.47. The van der Waals surface area contributed by atoms with Crippen LogP contribution in [-0.4, -0.2) is 67.4 Å². The summed E-state index contributed by atoms with van der Waals surface area (Å²) in [5.74, 6) is -2.69. The van der Waals surface area contributed by atoms with Gasteiger partial charge >= 0.3 is 11.9 Å². The first-order valence-corrected chi connectivity index (χ1v) is 12.7. The van der Waals surface area contributed by atoms with Gasteiger partial charge in [0.25, 0.3) is 0 Å². The maximum absolute atomic E-state index is 13.7. The molecule has 0 bridgehead atoms. The number of β-lactam (4-membered cyclic amide) rings is 1. The summed E-state index contributed by atoms with van der Waals surface area (Å²) in [6, 6.07) is 16.5. The zero-order valence-electron chi connectivity index (χ0n) is 19.1. The standard InChI is InChI=1S/C24H22N4O7S/c1-24(14-27-13-17(22(30)31)25-26-27)21(28-18(29)12-19(28)36(24,33)34)23(32)35-20(15-8-4-2-5-9-15)16-10-6-3-7-11-16/h2-11,13,19-21H,12,14H2,1H3,(H,30,31)/t19-,21-,24-/m0/s1. The molecular weight excluding hydrogens is 488 g/mol. The molecule has 2 aromatic carbocycles. The Morgan fingerprint density at radius 1 is 1.11 bits per heavy atom. The Labute approximate surface area is 206 Å². The summed E-state index contributed by atoms with van der Waals surface area (Å²) in [4.78, 5) is 38.5. The molecule has 2 fully saturated rings. The Kier molecular flexibility index (Phi) is 5.62. The lowest BCUT2D eigenvalue weighted by Crippen LogP contribution is -2.58. The van der Waals surface area contributed by atoms with E-state index in [0.717, 1.165) is 15.8 Å². The summed E-state index contributed by atoms with van der Waals surface area (Å²) >= 11 is 0. The van der Waals surface area contributed by atoms with Crippen LogP contribution in [-0.2, 0) is 30.7 Å². The van der Waals surface area contributed by atoms with Crippen LogP contribution in [0.1, 0.15) is 41.1 Å². The number of hydrogen-bond donors (Lipinski definition) is 1. The average molecular weight is 511 g/mol. The van der Waals surface area contributed by atoms with E-state index < -0.39 is 56.5 Å². The Morgan fingerprint density at radius 2 is 1.69 bits per heavy atom. The van der Waals surface area contributed by atoms with Gasteiger partial charge in [0, 0.05) is 0 Å². The predicted octanol–water partition coefficient (Wildman–Crippen LogP) is 1.42. The SMILES string of the molecule is C[C@]1(Cn2cc(C(=O)O)nn2)[C@H](C(=O)OC(c2ccccc2)c2ccccc2)N2C(=O)C[C@@H]2S1(=O)=O. The van der Waals surface area contributed by atoms with E-state index >= 15 is 0 Å². The molecule has 2 saturated heterocycles. The lowest BCUT2D eigenvalue weighted by atomic mass is 9.95. The molecule has 1 amide bonds. The minimum Gasteiger partial charge on any atom is -0.476 e. The maximum Gasteiger partial charge on any atom is 0.358 e. The average Bonchev–Trinajstić information content (AvgIpc) is 3.37. The number of benzene rings is 2. The van der Waals surface area contributed by atoms with Crippen molar-refractivity contribution in [2.45, 2.75) is 42.2 Å². The van der Waals surface area contributed by atoms with E-state index in [1.165, 1.54) is 6.92 Å². The van der Waals surface area contributed by atoms with Crippen LogP contribution in [0.5, 0.6) is 0 Å². The number of ether oxygens (including phenoxy) is 1. The van der Waals surface area contributed by atoms with Crippen molar-refractivity contribution < 1.29 is 32.6 Å². The first kappa shape index (κ1) is 23.7. The first-order chi connectivity index (χ1) is 17.1. The molecule has 0 unspecified atom stereocenters. The Hall–Kier alpha value is -4.06. The third-order valence-electron chi connectivity index (χ3n) is 6.71. The van der Waals surface area contributed by atoms with Crippen LogP contribution >= 0.6 is 0 Å². The van der Waals surface area contributed by atoms with Crippen molar-refractivity contribution in [3.05, 3.63) is 83.7 Å². The number of sulfone groups is 1. The molecule has 1 aromatic heterocycles. The fraction of sp³-hybridized carbons (Fsp3) is 0.292. The Balaban J connectivity index is 1.53. The van der Waals surface area contributed by atoms with E-state index in [1.807, 2.05) is 12.1 Å². The minimum absolute atomic E-state index is 0.236. The number of aromatic carboxylic acids is 1.